The van der Waals surface area contributed by atoms with Crippen LogP contribution < -0.4 is 11.1 Å². The van der Waals surface area contributed by atoms with Gasteiger partial charge in [0.15, 0.2) is 11.6 Å². The maximum atomic E-state index is 13.1. The van der Waals surface area contributed by atoms with Crippen molar-refractivity contribution < 1.29 is 13.9 Å². The highest BCUT2D eigenvalue weighted by atomic mass is 19.2. The highest BCUT2D eigenvalue weighted by Gasteiger charge is 2.16. The van der Waals surface area contributed by atoms with E-state index >= 15 is 0 Å². The van der Waals surface area contributed by atoms with Gasteiger partial charge in [0, 0.05) is 37.7 Å². The zero-order valence-electron chi connectivity index (χ0n) is 11.9. The van der Waals surface area contributed by atoms with Gasteiger partial charge in [0.1, 0.15) is 0 Å². The summed E-state index contributed by atoms with van der Waals surface area (Å²) in [5.41, 5.74) is 7.18. The summed E-state index contributed by atoms with van der Waals surface area (Å²) in [5, 5.41) is 13.0. The second kappa shape index (κ2) is 7.88. The van der Waals surface area contributed by atoms with E-state index in [4.69, 9.17) is 5.73 Å². The maximum absolute atomic E-state index is 13.1. The molecule has 1 aromatic heterocycles. The van der Waals surface area contributed by atoms with Gasteiger partial charge in [0.25, 0.3) is 0 Å². The second-order valence-electron chi connectivity index (χ2n) is 5.01. The van der Waals surface area contributed by atoms with Crippen LogP contribution in [0.4, 0.5) is 8.78 Å². The van der Waals surface area contributed by atoms with E-state index in [1.807, 2.05) is 0 Å². The third-order valence-corrected chi connectivity index (χ3v) is 3.23. The van der Waals surface area contributed by atoms with Gasteiger partial charge >= 0.3 is 0 Å². The highest BCUT2D eigenvalue weighted by Crippen LogP contribution is 2.11. The first-order valence-electron chi connectivity index (χ1n) is 6.89. The minimum absolute atomic E-state index is 0.255. The van der Waals surface area contributed by atoms with E-state index in [-0.39, 0.29) is 13.0 Å². The fraction of sp³-hybridized carbons (Fsp3) is 0.333. The molecule has 0 saturated heterocycles. The van der Waals surface area contributed by atoms with Crippen LogP contribution in [0.3, 0.4) is 0 Å². The van der Waals surface area contributed by atoms with Gasteiger partial charge in [-0.05, 0) is 24.1 Å². The Bertz CT molecular complexity index is 597. The first-order valence-corrected chi connectivity index (χ1v) is 6.89. The van der Waals surface area contributed by atoms with E-state index in [9.17, 15) is 13.9 Å². The molecule has 0 unspecified atom stereocenters. The van der Waals surface area contributed by atoms with Crippen LogP contribution in [0.25, 0.3) is 0 Å². The summed E-state index contributed by atoms with van der Waals surface area (Å²) >= 11 is 0. The average molecular weight is 308 g/mol. The molecule has 2 aromatic rings. The summed E-state index contributed by atoms with van der Waals surface area (Å²) in [6, 6.07) is 3.02. The van der Waals surface area contributed by atoms with Gasteiger partial charge in [0.05, 0.1) is 11.8 Å². The molecule has 0 bridgehead atoms. The standard InChI is InChI=1S/C15H18F2N4O/c16-12-2-1-10(5-13(12)17)6-14(18)15(22)9-20-8-11-7-19-3-4-21-11/h1-5,7,14-15,20,22H,6,8-9,18H2/t14-,15+/m0/s1. The summed E-state index contributed by atoms with van der Waals surface area (Å²) in [4.78, 5) is 8.02. The van der Waals surface area contributed by atoms with Gasteiger partial charge in [-0.25, -0.2) is 8.78 Å². The molecule has 0 aliphatic heterocycles. The van der Waals surface area contributed by atoms with Crippen LogP contribution >= 0.6 is 0 Å². The number of nitrogens with one attached hydrogen (secondary N) is 1. The molecule has 1 heterocycles. The number of nitrogens with two attached hydrogens (primary N) is 1. The number of aromatic nitrogens is 2. The largest absolute Gasteiger partial charge is 0.390 e. The van der Waals surface area contributed by atoms with Gasteiger partial charge in [-0.1, -0.05) is 6.07 Å². The Balaban J connectivity index is 1.79. The minimum atomic E-state index is -0.917. The number of aliphatic hydroxyl groups is 1. The molecule has 5 nitrogen and oxygen atoms in total. The lowest BCUT2D eigenvalue weighted by atomic mass is 10.0. The monoisotopic (exact) mass is 308 g/mol. The number of nitrogens with zero attached hydrogens (tertiary/aromatic N) is 2. The van der Waals surface area contributed by atoms with Crippen molar-refractivity contribution in [3.63, 3.8) is 0 Å². The molecule has 2 atom stereocenters. The van der Waals surface area contributed by atoms with Crippen molar-refractivity contribution in [2.75, 3.05) is 6.54 Å². The summed E-state index contributed by atoms with van der Waals surface area (Å²) in [7, 11) is 0. The van der Waals surface area contributed by atoms with Gasteiger partial charge in [-0.3, -0.25) is 9.97 Å². The van der Waals surface area contributed by atoms with Crippen molar-refractivity contribution in [1.29, 1.82) is 0 Å². The van der Waals surface area contributed by atoms with E-state index in [0.717, 1.165) is 17.8 Å². The molecule has 0 amide bonds. The van der Waals surface area contributed by atoms with Crippen LogP contribution in [-0.4, -0.2) is 33.8 Å². The van der Waals surface area contributed by atoms with Crippen molar-refractivity contribution in [2.45, 2.75) is 25.1 Å². The molecule has 0 aliphatic carbocycles. The summed E-state index contributed by atoms with van der Waals surface area (Å²) in [6.07, 6.45) is 4.23. The third kappa shape index (κ3) is 4.80. The number of hydrogen-bond donors (Lipinski definition) is 3. The number of halogens is 2. The Kier molecular flexibility index (Phi) is 5.88. The van der Waals surface area contributed by atoms with Crippen LogP contribution in [0.2, 0.25) is 0 Å². The zero-order valence-corrected chi connectivity index (χ0v) is 11.9. The quantitative estimate of drug-likeness (QED) is 0.704. The van der Waals surface area contributed by atoms with Crippen molar-refractivity contribution in [1.82, 2.24) is 15.3 Å². The Hall–Kier alpha value is -1.96. The van der Waals surface area contributed by atoms with Crippen molar-refractivity contribution in [3.8, 4) is 0 Å². The summed E-state index contributed by atoms with van der Waals surface area (Å²) < 4.78 is 26.0. The molecule has 0 fully saturated rings. The van der Waals surface area contributed by atoms with E-state index in [1.54, 1.807) is 18.6 Å². The molecule has 0 saturated carbocycles. The Morgan fingerprint density at radius 3 is 2.73 bits per heavy atom. The molecular weight excluding hydrogens is 290 g/mol. The summed E-state index contributed by atoms with van der Waals surface area (Å²) in [5.74, 6) is -1.82. The van der Waals surface area contributed by atoms with E-state index < -0.39 is 23.8 Å². The number of benzene rings is 1. The van der Waals surface area contributed by atoms with Gasteiger partial charge in [0.2, 0.25) is 0 Å². The normalized spacial score (nSPS) is 13.8. The third-order valence-electron chi connectivity index (χ3n) is 3.23. The Morgan fingerprint density at radius 1 is 1.23 bits per heavy atom. The Morgan fingerprint density at radius 2 is 2.05 bits per heavy atom. The lowest BCUT2D eigenvalue weighted by Crippen LogP contribution is -2.43. The van der Waals surface area contributed by atoms with Crippen molar-refractivity contribution in [3.05, 3.63) is 59.7 Å². The first kappa shape index (κ1) is 16.4. The maximum Gasteiger partial charge on any atom is 0.159 e. The molecule has 0 spiro atoms. The first-order chi connectivity index (χ1) is 10.6. The average Bonchev–Trinajstić information content (AvgIpc) is 2.52. The molecule has 4 N–H and O–H groups in total. The molecule has 118 valence electrons. The molecule has 1 aromatic carbocycles. The van der Waals surface area contributed by atoms with Crippen LogP contribution in [0.5, 0.6) is 0 Å². The van der Waals surface area contributed by atoms with Crippen molar-refractivity contribution >= 4 is 0 Å². The predicted octanol–water partition coefficient (Wildman–Crippen LogP) is 0.775. The van der Waals surface area contributed by atoms with Crippen LogP contribution in [0.1, 0.15) is 11.3 Å². The lowest BCUT2D eigenvalue weighted by molar-refractivity contribution is 0.141. The molecule has 2 rings (SSSR count). The molecule has 7 heteroatoms. The topological polar surface area (TPSA) is 84.1 Å². The smallest absolute Gasteiger partial charge is 0.159 e. The van der Waals surface area contributed by atoms with E-state index in [2.05, 4.69) is 15.3 Å². The van der Waals surface area contributed by atoms with Gasteiger partial charge in [-0.2, -0.15) is 0 Å². The predicted molar refractivity (Wildman–Crippen MR) is 77.8 cm³/mol. The highest BCUT2D eigenvalue weighted by molar-refractivity contribution is 5.19. The number of rotatable bonds is 7. The fourth-order valence-corrected chi connectivity index (χ4v) is 2.00. The molecule has 22 heavy (non-hydrogen) atoms. The second-order valence-corrected chi connectivity index (χ2v) is 5.01. The van der Waals surface area contributed by atoms with Crippen LogP contribution in [0.15, 0.2) is 36.8 Å². The van der Waals surface area contributed by atoms with E-state index in [0.29, 0.717) is 12.1 Å². The van der Waals surface area contributed by atoms with Crippen LogP contribution in [0, 0.1) is 11.6 Å². The van der Waals surface area contributed by atoms with E-state index in [1.165, 1.54) is 6.07 Å². The molecule has 0 radical (unpaired) electrons. The number of hydrogen-bond acceptors (Lipinski definition) is 5. The molecular formula is C15H18F2N4O. The SMILES string of the molecule is N[C@@H](Cc1ccc(F)c(F)c1)[C@H](O)CNCc1cnccn1. The lowest BCUT2D eigenvalue weighted by Gasteiger charge is -2.19. The minimum Gasteiger partial charge on any atom is -0.390 e. The van der Waals surface area contributed by atoms with Gasteiger partial charge < -0.3 is 16.2 Å². The summed E-state index contributed by atoms with van der Waals surface area (Å²) in [6.45, 7) is 0.726. The molecule has 0 aliphatic rings. The Labute approximate surface area is 127 Å². The van der Waals surface area contributed by atoms with Crippen LogP contribution in [-0.2, 0) is 13.0 Å². The van der Waals surface area contributed by atoms with Crippen molar-refractivity contribution in [2.24, 2.45) is 5.73 Å². The number of aliphatic hydroxyl groups excluding tert-OH is 1. The van der Waals surface area contributed by atoms with Gasteiger partial charge in [-0.15, -0.1) is 0 Å². The fourth-order valence-electron chi connectivity index (χ4n) is 2.00. The zero-order chi connectivity index (χ0) is 15.9.